The van der Waals surface area contributed by atoms with Gasteiger partial charge in [-0.15, -0.1) is 0 Å². The maximum Gasteiger partial charge on any atom is 0.262 e. The number of aromatic amines is 1. The molecule has 0 radical (unpaired) electrons. The molecule has 3 aromatic carbocycles. The van der Waals surface area contributed by atoms with E-state index in [-0.39, 0.29) is 22.8 Å². The lowest BCUT2D eigenvalue weighted by Gasteiger charge is -2.45. The molecule has 0 unspecified atom stereocenters. The summed E-state index contributed by atoms with van der Waals surface area (Å²) in [4.78, 5) is 32.0. The number of rotatable bonds is 6. The van der Waals surface area contributed by atoms with Crippen LogP contribution < -0.4 is 5.32 Å². The molecule has 15 nitrogen and oxygen atoms in total. The summed E-state index contributed by atoms with van der Waals surface area (Å²) in [6.45, 7) is -0.762. The molecule has 0 aliphatic carbocycles. The molecule has 16 heteroatoms. The first kappa shape index (κ1) is 33.4. The molecule has 0 saturated carbocycles. The summed E-state index contributed by atoms with van der Waals surface area (Å²) in [6.07, 6.45) is -11.5. The number of amides is 2. The number of fused-ring (bicyclic) bond motifs is 10. The zero-order valence-electron chi connectivity index (χ0n) is 27.0. The Bertz CT molecular complexity index is 2200. The molecule has 0 spiro atoms. The number of hydrogen-bond donors (Lipinski definition) is 7. The number of aromatic nitrogens is 2. The third-order valence-corrected chi connectivity index (χ3v) is 10.6. The van der Waals surface area contributed by atoms with Crippen molar-refractivity contribution in [1.29, 1.82) is 0 Å². The smallest absolute Gasteiger partial charge is 0.262 e. The van der Waals surface area contributed by atoms with E-state index in [9.17, 15) is 35.1 Å². The lowest BCUT2D eigenvalue weighted by atomic mass is 9.96. The molecule has 2 aromatic heterocycles. The van der Waals surface area contributed by atoms with Crippen molar-refractivity contribution in [2.24, 2.45) is 0 Å². The van der Waals surface area contributed by atoms with Gasteiger partial charge < -0.3 is 54.0 Å². The number of H-pyrrole nitrogens is 1. The third kappa shape index (κ3) is 4.53. The molecular weight excluding hydrogens is 676 g/mol. The van der Waals surface area contributed by atoms with Crippen LogP contribution in [0.3, 0.4) is 0 Å². The summed E-state index contributed by atoms with van der Waals surface area (Å²) in [5.41, 5.74) is 0.475. The largest absolute Gasteiger partial charge is 0.387 e. The molecule has 2 saturated heterocycles. The Morgan fingerprint density at radius 3 is 2.40 bits per heavy atom. The van der Waals surface area contributed by atoms with Gasteiger partial charge in [0.2, 0.25) is 0 Å². The molecule has 2 fully saturated rings. The van der Waals surface area contributed by atoms with Gasteiger partial charge >= 0.3 is 0 Å². The van der Waals surface area contributed by atoms with Crippen molar-refractivity contribution < 1.29 is 54.1 Å². The zero-order valence-corrected chi connectivity index (χ0v) is 27.8. The van der Waals surface area contributed by atoms with Crippen LogP contribution in [0.15, 0.2) is 42.5 Å². The van der Waals surface area contributed by atoms with Gasteiger partial charge in [-0.3, -0.25) is 19.8 Å². The van der Waals surface area contributed by atoms with Crippen molar-refractivity contribution in [2.45, 2.75) is 54.9 Å². The van der Waals surface area contributed by atoms with Gasteiger partial charge in [0.15, 0.2) is 18.2 Å². The van der Waals surface area contributed by atoms with Crippen LogP contribution in [0.25, 0.3) is 43.6 Å². The van der Waals surface area contributed by atoms with E-state index in [0.717, 1.165) is 4.90 Å². The van der Waals surface area contributed by atoms with Gasteiger partial charge in [-0.2, -0.15) is 0 Å². The first-order chi connectivity index (χ1) is 23.9. The summed E-state index contributed by atoms with van der Waals surface area (Å²) in [7, 11) is 4.15. The minimum absolute atomic E-state index is 0.180. The number of para-hydroxylation sites is 2. The van der Waals surface area contributed by atoms with Crippen molar-refractivity contribution in [1.82, 2.24) is 19.8 Å². The minimum atomic E-state index is -1.91. The number of methoxy groups -OCH3 is 1. The van der Waals surface area contributed by atoms with Crippen LogP contribution >= 0.6 is 11.6 Å². The minimum Gasteiger partial charge on any atom is -0.387 e. The molecule has 264 valence electrons. The quantitative estimate of drug-likeness (QED) is 0.0971. The summed E-state index contributed by atoms with van der Waals surface area (Å²) < 4.78 is 25.0. The second-order valence-corrected chi connectivity index (χ2v) is 13.3. The Morgan fingerprint density at radius 2 is 1.68 bits per heavy atom. The molecule has 2 amide bonds. The summed E-state index contributed by atoms with van der Waals surface area (Å²) in [6, 6.07) is 12.5. The number of halogens is 1. The standard InChI is InChI=1S/C34H35ClN4O11/c1-36-34(46)12-49-33(27(42)29(34)43)48-11-17-28(47-3)25(40)26(41)32(50-17)39-23-14(8-6-9-15(23)35)19-21-20(30(44)38(2)31(21)45)18-13-7-4-5-10-16(13)37-22(18)24(19)39/h4-10,17,25-29,32-33,36-37,40-43,46H,11-12H2,1-3H3/t17-,25-,26-,27+,28-,29+,32-,33-,34+/m1/s1. The molecule has 8 rings (SSSR count). The van der Waals surface area contributed by atoms with Gasteiger partial charge in [0.25, 0.3) is 11.8 Å². The van der Waals surface area contributed by atoms with Gasteiger partial charge in [-0.1, -0.05) is 41.9 Å². The van der Waals surface area contributed by atoms with Crippen molar-refractivity contribution in [3.05, 3.63) is 58.6 Å². The van der Waals surface area contributed by atoms with Gasteiger partial charge in [0.05, 0.1) is 45.9 Å². The summed E-state index contributed by atoms with van der Waals surface area (Å²) in [5.74, 6) is -0.963. The molecule has 5 heterocycles. The molecule has 3 aliphatic heterocycles. The number of benzene rings is 3. The van der Waals surface area contributed by atoms with Crippen LogP contribution in [0.4, 0.5) is 0 Å². The number of carbonyl (C=O) groups is 2. The van der Waals surface area contributed by atoms with Gasteiger partial charge in [0, 0.05) is 41.2 Å². The van der Waals surface area contributed by atoms with Gasteiger partial charge in [-0.05, 0) is 19.2 Å². The molecule has 50 heavy (non-hydrogen) atoms. The van der Waals surface area contributed by atoms with Crippen LogP contribution in [-0.2, 0) is 18.9 Å². The second kappa shape index (κ2) is 11.9. The fourth-order valence-corrected chi connectivity index (χ4v) is 7.96. The first-order valence-corrected chi connectivity index (χ1v) is 16.4. The lowest BCUT2D eigenvalue weighted by molar-refractivity contribution is -0.319. The Balaban J connectivity index is 1.31. The van der Waals surface area contributed by atoms with Crippen LogP contribution in [0.2, 0.25) is 5.02 Å². The molecule has 5 aromatic rings. The van der Waals surface area contributed by atoms with Crippen LogP contribution in [0, 0.1) is 0 Å². The highest BCUT2D eigenvalue weighted by Gasteiger charge is 2.51. The predicted octanol–water partition coefficient (Wildman–Crippen LogP) is 0.945. The number of aliphatic hydroxyl groups excluding tert-OH is 4. The third-order valence-electron chi connectivity index (χ3n) is 10.3. The van der Waals surface area contributed by atoms with Crippen LogP contribution in [0.1, 0.15) is 26.9 Å². The average Bonchev–Trinajstić information content (AvgIpc) is 3.74. The summed E-state index contributed by atoms with van der Waals surface area (Å²) >= 11 is 6.90. The molecular formula is C34H35ClN4O11. The number of hydrogen-bond acceptors (Lipinski definition) is 12. The van der Waals surface area contributed by atoms with Crippen molar-refractivity contribution >= 4 is 67.0 Å². The van der Waals surface area contributed by atoms with Crippen molar-refractivity contribution in [3.8, 4) is 0 Å². The number of likely N-dealkylation sites (N-methyl/N-ethyl adjacent to an activating group) is 1. The Morgan fingerprint density at radius 1 is 0.980 bits per heavy atom. The number of aliphatic hydroxyl groups is 5. The zero-order chi connectivity index (χ0) is 35.4. The summed E-state index contributed by atoms with van der Waals surface area (Å²) in [5, 5.41) is 59.8. The number of carbonyl (C=O) groups excluding carboxylic acids is 2. The van der Waals surface area contributed by atoms with Gasteiger partial charge in [0.1, 0.15) is 36.6 Å². The number of imide groups is 1. The SMILES string of the molecule is CN[C@]1(O)CO[C@@H](OC[C@H]2O[C@@H](n3c4c(Cl)cccc4c4c5c(c6c7ccccc7[nH]c6c43)C(=O)N(C)C5=O)[C@H](O)[C@@H](O)[C@@H]2OC)[C@@H](O)[C@@H]1O. The van der Waals surface area contributed by atoms with E-state index in [1.165, 1.54) is 21.2 Å². The van der Waals surface area contributed by atoms with Crippen molar-refractivity contribution in [3.63, 3.8) is 0 Å². The van der Waals surface area contributed by atoms with E-state index in [4.69, 9.17) is 30.5 Å². The lowest BCUT2D eigenvalue weighted by Crippen LogP contribution is -2.67. The number of nitrogens with zero attached hydrogens (tertiary/aromatic N) is 2. The van der Waals surface area contributed by atoms with E-state index in [1.54, 1.807) is 22.8 Å². The van der Waals surface area contributed by atoms with E-state index in [2.05, 4.69) is 10.3 Å². The van der Waals surface area contributed by atoms with E-state index < -0.39 is 73.3 Å². The Labute approximate surface area is 288 Å². The normalized spacial score (nSPS) is 31.9. The fraction of sp³-hybridized carbons (Fsp3) is 0.412. The molecule has 7 N–H and O–H groups in total. The second-order valence-electron chi connectivity index (χ2n) is 12.9. The average molecular weight is 711 g/mol. The predicted molar refractivity (Wildman–Crippen MR) is 179 cm³/mol. The molecule has 9 atom stereocenters. The Kier molecular flexibility index (Phi) is 7.98. The van der Waals surface area contributed by atoms with Crippen LogP contribution in [0.5, 0.6) is 0 Å². The number of nitrogens with one attached hydrogen (secondary N) is 2. The van der Waals surface area contributed by atoms with Crippen molar-refractivity contribution in [2.75, 3.05) is 34.4 Å². The van der Waals surface area contributed by atoms with E-state index in [1.807, 2.05) is 24.3 Å². The number of ether oxygens (including phenoxy) is 4. The highest BCUT2D eigenvalue weighted by molar-refractivity contribution is 6.41. The van der Waals surface area contributed by atoms with E-state index in [0.29, 0.717) is 43.6 Å². The Hall–Kier alpha value is -3.71. The monoisotopic (exact) mass is 710 g/mol. The van der Waals surface area contributed by atoms with E-state index >= 15 is 0 Å². The fourth-order valence-electron chi connectivity index (χ4n) is 7.70. The molecule has 0 bridgehead atoms. The highest BCUT2D eigenvalue weighted by atomic mass is 35.5. The topological polar surface area (TPSA) is 208 Å². The molecule has 3 aliphatic rings. The maximum atomic E-state index is 13.9. The van der Waals surface area contributed by atoms with Gasteiger partial charge in [-0.25, -0.2) is 0 Å². The highest BCUT2D eigenvalue weighted by Crippen LogP contribution is 2.48. The first-order valence-electron chi connectivity index (χ1n) is 16.0. The van der Waals surface area contributed by atoms with Crippen LogP contribution in [-0.4, -0.2) is 135 Å². The maximum absolute atomic E-state index is 13.9.